The number of fused-ring (bicyclic) bond motifs is 1. The lowest BCUT2D eigenvalue weighted by molar-refractivity contribution is 0.0954. The Morgan fingerprint density at radius 3 is 2.72 bits per heavy atom. The molecule has 0 radical (unpaired) electrons. The molecule has 0 spiro atoms. The van der Waals surface area contributed by atoms with E-state index in [0.717, 1.165) is 17.7 Å². The third kappa shape index (κ3) is 5.12. The van der Waals surface area contributed by atoms with Crippen molar-refractivity contribution in [3.63, 3.8) is 0 Å². The molecule has 2 heterocycles. The van der Waals surface area contributed by atoms with Crippen LogP contribution in [0.1, 0.15) is 15.9 Å². The Kier molecular flexibility index (Phi) is 5.85. The first-order chi connectivity index (χ1) is 13.9. The molecule has 0 bridgehead atoms. The van der Waals surface area contributed by atoms with E-state index in [-0.39, 0.29) is 28.7 Å². The number of rotatable bonds is 5. The minimum absolute atomic E-state index is 0.0122. The van der Waals surface area contributed by atoms with Crippen LogP contribution in [-0.2, 0) is 16.3 Å². The van der Waals surface area contributed by atoms with Gasteiger partial charge >= 0.3 is 0 Å². The number of halogens is 1. The number of nitrogens with zero attached hydrogens (tertiary/aromatic N) is 1. The van der Waals surface area contributed by atoms with E-state index < -0.39 is 9.84 Å². The van der Waals surface area contributed by atoms with Gasteiger partial charge in [0.2, 0.25) is 0 Å². The molecule has 1 saturated heterocycles. The third-order valence-electron chi connectivity index (χ3n) is 4.81. The van der Waals surface area contributed by atoms with Crippen LogP contribution in [0.5, 0.6) is 0 Å². The zero-order valence-corrected chi connectivity index (χ0v) is 17.9. The molecule has 4 rings (SSSR count). The van der Waals surface area contributed by atoms with Crippen LogP contribution in [0.25, 0.3) is 0 Å². The highest BCUT2D eigenvalue weighted by atomic mass is 35.5. The highest BCUT2D eigenvalue weighted by molar-refractivity contribution is 8.15. The van der Waals surface area contributed by atoms with Crippen molar-refractivity contribution in [2.75, 3.05) is 23.4 Å². The second-order valence-corrected chi connectivity index (χ2v) is 10.9. The second-order valence-electron chi connectivity index (χ2n) is 7.07. The molecule has 2 aromatic carbocycles. The Bertz CT molecular complexity index is 1050. The molecule has 2 atom stereocenters. The third-order valence-corrected chi connectivity index (χ3v) is 8.20. The average Bonchev–Trinajstić information content (AvgIpc) is 3.16. The number of carbonyl (C=O) groups excluding carboxylic acids is 1. The van der Waals surface area contributed by atoms with Crippen LogP contribution in [0, 0.1) is 0 Å². The summed E-state index contributed by atoms with van der Waals surface area (Å²) in [5, 5.41) is 7.51. The number of anilines is 1. The average molecular weight is 450 g/mol. The lowest BCUT2D eigenvalue weighted by Crippen LogP contribution is -2.25. The van der Waals surface area contributed by atoms with Crippen molar-refractivity contribution in [1.82, 2.24) is 5.32 Å². The number of benzene rings is 2. The van der Waals surface area contributed by atoms with Gasteiger partial charge in [0.15, 0.2) is 15.0 Å². The summed E-state index contributed by atoms with van der Waals surface area (Å²) in [4.78, 5) is 16.9. The summed E-state index contributed by atoms with van der Waals surface area (Å²) >= 11 is 7.33. The van der Waals surface area contributed by atoms with Crippen molar-refractivity contribution in [1.29, 1.82) is 0 Å². The van der Waals surface area contributed by atoms with Gasteiger partial charge in [-0.15, -0.1) is 0 Å². The summed E-state index contributed by atoms with van der Waals surface area (Å²) in [6.45, 7) is 0.526. The molecule has 6 nitrogen and oxygen atoms in total. The van der Waals surface area contributed by atoms with Gasteiger partial charge in [0.25, 0.3) is 5.91 Å². The molecule has 9 heteroatoms. The molecule has 29 heavy (non-hydrogen) atoms. The minimum atomic E-state index is -2.97. The van der Waals surface area contributed by atoms with Crippen molar-refractivity contribution in [3.8, 4) is 0 Å². The van der Waals surface area contributed by atoms with Crippen LogP contribution in [0.2, 0.25) is 5.02 Å². The van der Waals surface area contributed by atoms with Gasteiger partial charge in [-0.25, -0.2) is 8.42 Å². The standard InChI is InChI=1S/C20H20ClN3O3S2/c21-15-6-4-13(5-7-15)8-9-22-19(25)14-2-1-3-16(10-14)23-20-24-17-11-29(26,27)12-18(17)28-20/h1-7,10,17-18H,8-9,11-12H2,(H,22,25)(H,23,24)/t17-,18-/m0/s1. The number of amidine groups is 1. The fourth-order valence-corrected chi connectivity index (χ4v) is 7.15. The highest BCUT2D eigenvalue weighted by Gasteiger charge is 2.42. The predicted molar refractivity (Wildman–Crippen MR) is 119 cm³/mol. The molecule has 1 amide bonds. The maximum absolute atomic E-state index is 12.4. The van der Waals surface area contributed by atoms with E-state index in [1.165, 1.54) is 11.8 Å². The monoisotopic (exact) mass is 449 g/mol. The van der Waals surface area contributed by atoms with Gasteiger partial charge in [-0.3, -0.25) is 9.79 Å². The fraction of sp³-hybridized carbons (Fsp3) is 0.300. The highest BCUT2D eigenvalue weighted by Crippen LogP contribution is 2.34. The molecule has 2 N–H and O–H groups in total. The largest absolute Gasteiger partial charge is 0.352 e. The molecular weight excluding hydrogens is 430 g/mol. The lowest BCUT2D eigenvalue weighted by Gasteiger charge is -2.09. The van der Waals surface area contributed by atoms with Crippen molar-refractivity contribution < 1.29 is 13.2 Å². The molecule has 0 unspecified atom stereocenters. The number of sulfone groups is 1. The topological polar surface area (TPSA) is 87.6 Å². The number of carbonyl (C=O) groups is 1. The number of thioether (sulfide) groups is 1. The van der Waals surface area contributed by atoms with E-state index in [1.54, 1.807) is 12.1 Å². The van der Waals surface area contributed by atoms with E-state index in [1.807, 2.05) is 36.4 Å². The smallest absolute Gasteiger partial charge is 0.251 e. The first-order valence-corrected chi connectivity index (χ1v) is 12.3. The number of hydrogen-bond acceptors (Lipinski definition) is 6. The Balaban J connectivity index is 1.32. The van der Waals surface area contributed by atoms with E-state index in [4.69, 9.17) is 11.6 Å². The molecule has 0 aliphatic carbocycles. The van der Waals surface area contributed by atoms with E-state index in [2.05, 4.69) is 15.6 Å². The quantitative estimate of drug-likeness (QED) is 0.732. The molecule has 2 aliphatic heterocycles. The zero-order chi connectivity index (χ0) is 20.4. The van der Waals surface area contributed by atoms with Gasteiger partial charge in [0.05, 0.1) is 17.5 Å². The first kappa shape index (κ1) is 20.3. The van der Waals surface area contributed by atoms with Crippen LogP contribution < -0.4 is 10.6 Å². The minimum Gasteiger partial charge on any atom is -0.352 e. The van der Waals surface area contributed by atoms with Gasteiger partial charge in [0.1, 0.15) is 0 Å². The van der Waals surface area contributed by atoms with Gasteiger partial charge < -0.3 is 10.6 Å². The molecule has 1 fully saturated rings. The summed E-state index contributed by atoms with van der Waals surface area (Å²) in [5.41, 5.74) is 2.41. The predicted octanol–water partition coefficient (Wildman–Crippen LogP) is 2.99. The summed E-state index contributed by atoms with van der Waals surface area (Å²) in [7, 11) is -2.97. The first-order valence-electron chi connectivity index (χ1n) is 9.23. The van der Waals surface area contributed by atoms with Crippen LogP contribution in [0.3, 0.4) is 0 Å². The van der Waals surface area contributed by atoms with Crippen LogP contribution in [0.4, 0.5) is 5.69 Å². The normalized spacial score (nSPS) is 22.0. The number of aliphatic imine (C=N–C) groups is 1. The molecule has 0 saturated carbocycles. The molecule has 2 aromatic rings. The summed E-state index contributed by atoms with van der Waals surface area (Å²) in [6.07, 6.45) is 0.722. The number of amides is 1. The van der Waals surface area contributed by atoms with Crippen molar-refractivity contribution in [2.45, 2.75) is 17.7 Å². The van der Waals surface area contributed by atoms with E-state index in [9.17, 15) is 13.2 Å². The van der Waals surface area contributed by atoms with E-state index >= 15 is 0 Å². The van der Waals surface area contributed by atoms with Crippen molar-refractivity contribution in [3.05, 3.63) is 64.7 Å². The van der Waals surface area contributed by atoms with Crippen molar-refractivity contribution >= 4 is 50.0 Å². The molecule has 152 valence electrons. The van der Waals surface area contributed by atoms with Crippen molar-refractivity contribution in [2.24, 2.45) is 4.99 Å². The second kappa shape index (κ2) is 8.38. The van der Waals surface area contributed by atoms with E-state index in [0.29, 0.717) is 22.3 Å². The summed E-state index contributed by atoms with van der Waals surface area (Å²) < 4.78 is 23.3. The Hall–Kier alpha value is -2.03. The van der Waals surface area contributed by atoms with Gasteiger partial charge in [-0.2, -0.15) is 0 Å². The number of nitrogens with one attached hydrogen (secondary N) is 2. The SMILES string of the molecule is O=C(NCCc1ccc(Cl)cc1)c1cccc(NC2=N[C@H]3CS(=O)(=O)C[C@@H]3S2)c1. The summed E-state index contributed by atoms with van der Waals surface area (Å²) in [6, 6.07) is 14.6. The zero-order valence-electron chi connectivity index (χ0n) is 15.5. The lowest BCUT2D eigenvalue weighted by atomic mass is 10.1. The summed E-state index contributed by atoms with van der Waals surface area (Å²) in [5.74, 6) is 0.144. The molecule has 2 aliphatic rings. The van der Waals surface area contributed by atoms with Gasteiger partial charge in [-0.05, 0) is 42.3 Å². The van der Waals surface area contributed by atoms with Gasteiger partial charge in [-0.1, -0.05) is 41.6 Å². The Morgan fingerprint density at radius 1 is 1.17 bits per heavy atom. The maximum atomic E-state index is 12.4. The van der Waals surface area contributed by atoms with Crippen LogP contribution in [0.15, 0.2) is 53.5 Å². The molecular formula is C20H20ClN3O3S2. The Labute approximate surface area is 179 Å². The Morgan fingerprint density at radius 2 is 1.97 bits per heavy atom. The number of hydrogen-bond donors (Lipinski definition) is 2. The molecule has 0 aromatic heterocycles. The van der Waals surface area contributed by atoms with Crippen LogP contribution >= 0.6 is 23.4 Å². The fourth-order valence-electron chi connectivity index (χ4n) is 3.35. The van der Waals surface area contributed by atoms with Gasteiger partial charge in [0, 0.05) is 28.1 Å². The maximum Gasteiger partial charge on any atom is 0.251 e. The van der Waals surface area contributed by atoms with Crippen LogP contribution in [-0.4, -0.2) is 48.8 Å².